The van der Waals surface area contributed by atoms with Crippen LogP contribution in [-0.2, 0) is 11.2 Å². The van der Waals surface area contributed by atoms with Crippen LogP contribution in [0.2, 0.25) is 5.02 Å². The van der Waals surface area contributed by atoms with Gasteiger partial charge in [0.25, 0.3) is 0 Å². The molecule has 1 aromatic carbocycles. The zero-order valence-electron chi connectivity index (χ0n) is 17.9. The van der Waals surface area contributed by atoms with Crippen molar-refractivity contribution < 1.29 is 4.79 Å². The molecule has 1 aromatic heterocycles. The van der Waals surface area contributed by atoms with Crippen LogP contribution < -0.4 is 0 Å². The summed E-state index contributed by atoms with van der Waals surface area (Å²) in [6.45, 7) is 4.87. The van der Waals surface area contributed by atoms with Crippen LogP contribution in [0.5, 0.6) is 0 Å². The second-order valence-electron chi connectivity index (χ2n) is 10.8. The van der Waals surface area contributed by atoms with Gasteiger partial charge in [-0.25, -0.2) is 4.98 Å². The number of rotatable bonds is 1. The predicted molar refractivity (Wildman–Crippen MR) is 123 cm³/mol. The Morgan fingerprint density at radius 1 is 1.07 bits per heavy atom. The van der Waals surface area contributed by atoms with Gasteiger partial charge in [0.1, 0.15) is 10.8 Å². The van der Waals surface area contributed by atoms with Gasteiger partial charge in [0, 0.05) is 33.2 Å². The summed E-state index contributed by atoms with van der Waals surface area (Å²) in [6, 6.07) is 8.13. The van der Waals surface area contributed by atoms with E-state index in [-0.39, 0.29) is 5.41 Å². The first kappa shape index (κ1) is 19.5. The lowest BCUT2D eigenvalue weighted by Gasteiger charge is -2.59. The molecule has 4 aliphatic rings. The minimum Gasteiger partial charge on any atom is -0.299 e. The number of aryl methyl sites for hydroxylation is 1. The normalized spacial score (nSPS) is 39.8. The van der Waals surface area contributed by atoms with Crippen LogP contribution >= 0.6 is 22.9 Å². The highest BCUT2D eigenvalue weighted by Crippen LogP contribution is 2.67. The minimum absolute atomic E-state index is 0.0194. The van der Waals surface area contributed by atoms with E-state index in [1.807, 2.05) is 29.5 Å². The summed E-state index contributed by atoms with van der Waals surface area (Å²) in [5, 5.41) is 1.91. The molecule has 0 saturated heterocycles. The summed E-state index contributed by atoms with van der Waals surface area (Å²) >= 11 is 8.17. The molecule has 2 aromatic rings. The van der Waals surface area contributed by atoms with Crippen LogP contribution in [-0.4, -0.2) is 10.8 Å². The lowest BCUT2D eigenvalue weighted by molar-refractivity contribution is -0.134. The van der Waals surface area contributed by atoms with E-state index in [4.69, 9.17) is 16.6 Å². The molecule has 0 radical (unpaired) electrons. The first-order valence-electron chi connectivity index (χ1n) is 11.7. The van der Waals surface area contributed by atoms with E-state index in [0.717, 1.165) is 53.1 Å². The third kappa shape index (κ3) is 2.60. The third-order valence-electron chi connectivity index (χ3n) is 9.59. The topological polar surface area (TPSA) is 30.0 Å². The molecule has 30 heavy (non-hydrogen) atoms. The van der Waals surface area contributed by atoms with Gasteiger partial charge in [0.05, 0.1) is 5.69 Å². The van der Waals surface area contributed by atoms with Crippen molar-refractivity contribution in [2.24, 2.45) is 28.6 Å². The van der Waals surface area contributed by atoms with Crippen LogP contribution in [0.15, 0.2) is 24.3 Å². The Morgan fingerprint density at radius 2 is 1.93 bits per heavy atom. The summed E-state index contributed by atoms with van der Waals surface area (Å²) < 4.78 is 0. The molecule has 158 valence electrons. The SMILES string of the molecule is C[C@]12CCc3nc(-c4cccc(Cl)c4)sc3[C@@H]1CC[C@@H]1[C@@H]2CC[C@]2(C)C(=O)CC[C@@H]12. The molecular weight excluding hydrogens is 410 g/mol. The molecule has 0 N–H and O–H groups in total. The lowest BCUT2D eigenvalue weighted by atomic mass is 9.46. The third-order valence-corrected chi connectivity index (χ3v) is 11.1. The number of benzene rings is 1. The summed E-state index contributed by atoms with van der Waals surface area (Å²) in [5.41, 5.74) is 2.83. The highest BCUT2D eigenvalue weighted by atomic mass is 35.5. The second-order valence-corrected chi connectivity index (χ2v) is 12.2. The summed E-state index contributed by atoms with van der Waals surface area (Å²) in [4.78, 5) is 19.3. The molecule has 0 amide bonds. The molecule has 6 rings (SSSR count). The Labute approximate surface area is 188 Å². The number of Topliss-reactive ketones (excluding diaryl/α,β-unsaturated/α-hetero) is 1. The van der Waals surface area contributed by atoms with E-state index in [9.17, 15) is 4.79 Å². The van der Waals surface area contributed by atoms with Crippen molar-refractivity contribution in [3.05, 3.63) is 39.9 Å². The van der Waals surface area contributed by atoms with Crippen molar-refractivity contribution in [1.29, 1.82) is 0 Å². The number of fused-ring (bicyclic) bond motifs is 7. The summed E-state index contributed by atoms with van der Waals surface area (Å²) in [7, 11) is 0. The number of carbonyl (C=O) groups is 1. The van der Waals surface area contributed by atoms with Crippen molar-refractivity contribution in [3.63, 3.8) is 0 Å². The Hall–Kier alpha value is -1.19. The van der Waals surface area contributed by atoms with E-state index in [1.54, 1.807) is 4.88 Å². The molecule has 0 aliphatic heterocycles. The number of carbonyl (C=O) groups excluding carboxylic acids is 1. The lowest BCUT2D eigenvalue weighted by Crippen LogP contribution is -2.52. The molecular formula is C26H30ClNOS. The van der Waals surface area contributed by atoms with Crippen molar-refractivity contribution in [3.8, 4) is 10.6 Å². The van der Waals surface area contributed by atoms with Crippen molar-refractivity contribution in [1.82, 2.24) is 4.98 Å². The van der Waals surface area contributed by atoms with E-state index < -0.39 is 0 Å². The standard InChI is InChI=1S/C26H30ClNOS/c1-25-13-11-21-23(30-24(28-21)15-4-3-5-16(27)14-15)20(25)7-6-17-18-8-9-22(29)26(18,2)12-10-19(17)25/h3-5,14,17-20H,6-13H2,1-2H3/t17-,18-,19-,20-,25+,26-/m0/s1. The maximum Gasteiger partial charge on any atom is 0.139 e. The van der Waals surface area contributed by atoms with Gasteiger partial charge in [-0.05, 0) is 80.2 Å². The number of hydrogen-bond donors (Lipinski definition) is 0. The fourth-order valence-corrected chi connectivity index (χ4v) is 9.56. The zero-order valence-corrected chi connectivity index (χ0v) is 19.5. The minimum atomic E-state index is -0.0194. The number of nitrogens with zero attached hydrogens (tertiary/aromatic N) is 1. The Morgan fingerprint density at radius 3 is 2.77 bits per heavy atom. The first-order valence-corrected chi connectivity index (χ1v) is 12.9. The smallest absolute Gasteiger partial charge is 0.139 e. The average molecular weight is 440 g/mol. The number of aromatic nitrogens is 1. The zero-order chi connectivity index (χ0) is 20.7. The molecule has 0 unspecified atom stereocenters. The molecule has 3 fully saturated rings. The Balaban J connectivity index is 1.35. The fourth-order valence-electron chi connectivity index (χ4n) is 7.96. The van der Waals surface area contributed by atoms with Gasteiger partial charge in [0.2, 0.25) is 0 Å². The van der Waals surface area contributed by atoms with Crippen molar-refractivity contribution >= 4 is 28.7 Å². The van der Waals surface area contributed by atoms with Crippen molar-refractivity contribution in [2.45, 2.75) is 71.1 Å². The maximum atomic E-state index is 12.7. The molecule has 2 nitrogen and oxygen atoms in total. The van der Waals surface area contributed by atoms with E-state index in [1.165, 1.54) is 31.4 Å². The van der Waals surface area contributed by atoms with Gasteiger partial charge < -0.3 is 0 Å². The quantitative estimate of drug-likeness (QED) is 0.466. The number of halogens is 1. The van der Waals surface area contributed by atoms with Gasteiger partial charge in [-0.15, -0.1) is 11.3 Å². The summed E-state index contributed by atoms with van der Waals surface area (Å²) in [6.07, 6.45) is 9.24. The van der Waals surface area contributed by atoms with Crippen LogP contribution in [0, 0.1) is 28.6 Å². The molecule has 4 heteroatoms. The second kappa shape index (κ2) is 6.65. The van der Waals surface area contributed by atoms with E-state index in [2.05, 4.69) is 19.9 Å². The number of ketones is 1. The van der Waals surface area contributed by atoms with Crippen molar-refractivity contribution in [2.75, 3.05) is 0 Å². The molecule has 0 spiro atoms. The van der Waals surface area contributed by atoms with Crippen LogP contribution in [0.1, 0.15) is 75.3 Å². The van der Waals surface area contributed by atoms with Crippen LogP contribution in [0.3, 0.4) is 0 Å². The van der Waals surface area contributed by atoms with E-state index in [0.29, 0.717) is 23.0 Å². The Bertz CT molecular complexity index is 1030. The van der Waals surface area contributed by atoms with Gasteiger partial charge in [-0.2, -0.15) is 0 Å². The first-order chi connectivity index (χ1) is 14.4. The highest BCUT2D eigenvalue weighted by molar-refractivity contribution is 7.15. The maximum absolute atomic E-state index is 12.7. The predicted octanol–water partition coefficient (Wildman–Crippen LogP) is 7.31. The van der Waals surface area contributed by atoms with Crippen LogP contribution in [0.4, 0.5) is 0 Å². The number of hydrogen-bond acceptors (Lipinski definition) is 3. The average Bonchev–Trinajstić information content (AvgIpc) is 3.29. The molecule has 6 atom stereocenters. The van der Waals surface area contributed by atoms with Gasteiger partial charge in [-0.3, -0.25) is 4.79 Å². The fraction of sp³-hybridized carbons (Fsp3) is 0.615. The molecule has 4 aliphatic carbocycles. The molecule has 1 heterocycles. The monoisotopic (exact) mass is 439 g/mol. The molecule has 0 bridgehead atoms. The summed E-state index contributed by atoms with van der Waals surface area (Å²) in [5.74, 6) is 3.34. The largest absolute Gasteiger partial charge is 0.299 e. The molecule has 3 saturated carbocycles. The van der Waals surface area contributed by atoms with Gasteiger partial charge >= 0.3 is 0 Å². The highest BCUT2D eigenvalue weighted by Gasteiger charge is 2.60. The van der Waals surface area contributed by atoms with Gasteiger partial charge in [0.15, 0.2) is 0 Å². The van der Waals surface area contributed by atoms with Crippen LogP contribution in [0.25, 0.3) is 10.6 Å². The number of thiazole rings is 1. The Kier molecular flexibility index (Phi) is 4.32. The van der Waals surface area contributed by atoms with Gasteiger partial charge in [-0.1, -0.05) is 37.6 Å². The van der Waals surface area contributed by atoms with E-state index >= 15 is 0 Å².